The Kier molecular flexibility index (Phi) is 4.31. The summed E-state index contributed by atoms with van der Waals surface area (Å²) < 4.78 is 0. The molecular weight excluding hydrogens is 252 g/mol. The highest BCUT2D eigenvalue weighted by molar-refractivity contribution is 5.88. The summed E-state index contributed by atoms with van der Waals surface area (Å²) in [5.41, 5.74) is 1.62. The molecule has 0 saturated carbocycles. The van der Waals surface area contributed by atoms with Crippen LogP contribution in [0.5, 0.6) is 0 Å². The molecule has 0 amide bonds. The third-order valence-corrected chi connectivity index (χ3v) is 4.62. The lowest BCUT2D eigenvalue weighted by Crippen LogP contribution is -2.39. The summed E-state index contributed by atoms with van der Waals surface area (Å²) in [5.74, 6) is -0.0568. The Morgan fingerprint density at radius 2 is 2.00 bits per heavy atom. The summed E-state index contributed by atoms with van der Waals surface area (Å²) in [5, 5.41) is 9.20. The molecule has 2 rings (SSSR count). The number of rotatable bonds is 4. The minimum atomic E-state index is -0.876. The fourth-order valence-electron chi connectivity index (χ4n) is 2.67. The van der Waals surface area contributed by atoms with E-state index >= 15 is 0 Å². The van der Waals surface area contributed by atoms with Crippen LogP contribution in [0.25, 0.3) is 0 Å². The van der Waals surface area contributed by atoms with Crippen molar-refractivity contribution in [2.75, 3.05) is 18.0 Å². The van der Waals surface area contributed by atoms with Gasteiger partial charge >= 0.3 is 5.97 Å². The van der Waals surface area contributed by atoms with Crippen LogP contribution in [0, 0.1) is 5.41 Å². The summed E-state index contributed by atoms with van der Waals surface area (Å²) in [6, 6.07) is 3.38. The normalized spacial score (nSPS) is 18.1. The van der Waals surface area contributed by atoms with Crippen LogP contribution in [0.1, 0.15) is 56.1 Å². The minimum Gasteiger partial charge on any atom is -0.478 e. The first-order chi connectivity index (χ1) is 9.47. The second kappa shape index (κ2) is 5.81. The predicted octanol–water partition coefficient (Wildman–Crippen LogP) is 3.36. The van der Waals surface area contributed by atoms with Gasteiger partial charge in [0.05, 0.1) is 5.56 Å². The van der Waals surface area contributed by atoms with Crippen molar-refractivity contribution in [1.82, 2.24) is 4.98 Å². The van der Waals surface area contributed by atoms with Gasteiger partial charge in [-0.25, -0.2) is 9.78 Å². The zero-order chi connectivity index (χ0) is 14.8. The lowest BCUT2D eigenvalue weighted by atomic mass is 9.78. The van der Waals surface area contributed by atoms with Crippen molar-refractivity contribution in [3.05, 3.63) is 23.4 Å². The first-order valence-electron chi connectivity index (χ1n) is 7.46. The second-order valence-corrected chi connectivity index (χ2v) is 6.02. The number of pyridine rings is 1. The molecule has 110 valence electrons. The third kappa shape index (κ3) is 3.11. The maximum absolute atomic E-state index is 11.2. The van der Waals surface area contributed by atoms with Crippen LogP contribution < -0.4 is 4.90 Å². The summed E-state index contributed by atoms with van der Waals surface area (Å²) in [6.45, 7) is 8.51. The van der Waals surface area contributed by atoms with E-state index in [0.29, 0.717) is 11.0 Å². The van der Waals surface area contributed by atoms with Gasteiger partial charge in [0.15, 0.2) is 0 Å². The number of anilines is 1. The lowest BCUT2D eigenvalue weighted by molar-refractivity contribution is 0.0696. The van der Waals surface area contributed by atoms with E-state index in [2.05, 4.69) is 23.7 Å². The van der Waals surface area contributed by atoms with Crippen LogP contribution in [-0.2, 0) is 6.42 Å². The van der Waals surface area contributed by atoms with Gasteiger partial charge in [-0.05, 0) is 36.8 Å². The standard InChI is InChI=1S/C16H24N2O2/c1-4-13-10-12(15(19)20)11-14(17-13)18-8-6-16(3,5-2)7-9-18/h10-11H,4-9H2,1-3H3,(H,19,20). The Balaban J connectivity index is 2.21. The molecule has 0 unspecified atom stereocenters. The number of carboxylic acid groups (broad SMARTS) is 1. The number of aromatic carboxylic acids is 1. The van der Waals surface area contributed by atoms with Crippen molar-refractivity contribution in [3.8, 4) is 0 Å². The molecule has 1 aliphatic heterocycles. The van der Waals surface area contributed by atoms with Gasteiger partial charge in [-0.1, -0.05) is 27.2 Å². The van der Waals surface area contributed by atoms with Crippen molar-refractivity contribution < 1.29 is 9.90 Å². The molecule has 1 fully saturated rings. The minimum absolute atomic E-state index is 0.343. The molecule has 0 spiro atoms. The Hall–Kier alpha value is -1.58. The van der Waals surface area contributed by atoms with Crippen LogP contribution in [0.2, 0.25) is 0 Å². The number of piperidine rings is 1. The zero-order valence-electron chi connectivity index (χ0n) is 12.6. The fourth-order valence-corrected chi connectivity index (χ4v) is 2.67. The van der Waals surface area contributed by atoms with E-state index in [1.54, 1.807) is 12.1 Å². The average molecular weight is 276 g/mol. The first-order valence-corrected chi connectivity index (χ1v) is 7.46. The smallest absolute Gasteiger partial charge is 0.335 e. The largest absolute Gasteiger partial charge is 0.478 e. The Morgan fingerprint density at radius 3 is 2.50 bits per heavy atom. The molecular formula is C16H24N2O2. The van der Waals surface area contributed by atoms with E-state index < -0.39 is 5.97 Å². The van der Waals surface area contributed by atoms with Crippen LogP contribution in [0.15, 0.2) is 12.1 Å². The highest BCUT2D eigenvalue weighted by atomic mass is 16.4. The van der Waals surface area contributed by atoms with Crippen LogP contribution in [-0.4, -0.2) is 29.1 Å². The molecule has 4 nitrogen and oxygen atoms in total. The molecule has 0 atom stereocenters. The van der Waals surface area contributed by atoms with Gasteiger partial charge in [-0.3, -0.25) is 0 Å². The summed E-state index contributed by atoms with van der Waals surface area (Å²) in [6.07, 6.45) is 4.24. The Morgan fingerprint density at radius 1 is 1.35 bits per heavy atom. The maximum Gasteiger partial charge on any atom is 0.335 e. The zero-order valence-corrected chi connectivity index (χ0v) is 12.6. The monoisotopic (exact) mass is 276 g/mol. The molecule has 1 aromatic heterocycles. The van der Waals surface area contributed by atoms with Gasteiger partial charge < -0.3 is 10.0 Å². The quantitative estimate of drug-likeness (QED) is 0.916. The van der Waals surface area contributed by atoms with Crippen molar-refractivity contribution in [2.24, 2.45) is 5.41 Å². The molecule has 0 aromatic carbocycles. The third-order valence-electron chi connectivity index (χ3n) is 4.62. The SMILES string of the molecule is CCc1cc(C(=O)O)cc(N2CCC(C)(CC)CC2)n1. The van der Waals surface area contributed by atoms with E-state index in [1.807, 2.05) is 6.92 Å². The van der Waals surface area contributed by atoms with Crippen molar-refractivity contribution >= 4 is 11.8 Å². The Labute approximate surface area is 120 Å². The van der Waals surface area contributed by atoms with Crippen molar-refractivity contribution in [1.29, 1.82) is 0 Å². The van der Waals surface area contributed by atoms with Crippen LogP contribution >= 0.6 is 0 Å². The molecule has 0 bridgehead atoms. The summed E-state index contributed by atoms with van der Waals surface area (Å²) >= 11 is 0. The Bertz CT molecular complexity index is 491. The van der Waals surface area contributed by atoms with Crippen molar-refractivity contribution in [3.63, 3.8) is 0 Å². The molecule has 1 aromatic rings. The number of aryl methyl sites for hydroxylation is 1. The van der Waals surface area contributed by atoms with E-state index in [0.717, 1.165) is 43.9 Å². The second-order valence-electron chi connectivity index (χ2n) is 6.02. The van der Waals surface area contributed by atoms with Gasteiger partial charge in [0, 0.05) is 18.8 Å². The fraction of sp³-hybridized carbons (Fsp3) is 0.625. The van der Waals surface area contributed by atoms with Crippen LogP contribution in [0.3, 0.4) is 0 Å². The van der Waals surface area contributed by atoms with E-state index in [4.69, 9.17) is 0 Å². The number of aromatic nitrogens is 1. The number of hydrogen-bond donors (Lipinski definition) is 1. The molecule has 4 heteroatoms. The lowest BCUT2D eigenvalue weighted by Gasteiger charge is -2.39. The molecule has 0 radical (unpaired) electrons. The average Bonchev–Trinajstić information content (AvgIpc) is 2.47. The molecule has 1 aliphatic rings. The van der Waals surface area contributed by atoms with Gasteiger partial charge in [0.2, 0.25) is 0 Å². The number of hydrogen-bond acceptors (Lipinski definition) is 3. The van der Waals surface area contributed by atoms with Gasteiger partial charge in [0.1, 0.15) is 5.82 Å². The molecule has 0 aliphatic carbocycles. The number of carbonyl (C=O) groups is 1. The summed E-state index contributed by atoms with van der Waals surface area (Å²) in [4.78, 5) is 18.0. The number of carboxylic acids is 1. The van der Waals surface area contributed by atoms with Crippen molar-refractivity contribution in [2.45, 2.75) is 46.5 Å². The highest BCUT2D eigenvalue weighted by Gasteiger charge is 2.29. The predicted molar refractivity (Wildman–Crippen MR) is 80.4 cm³/mol. The van der Waals surface area contributed by atoms with Gasteiger partial charge in [-0.15, -0.1) is 0 Å². The first kappa shape index (κ1) is 14.8. The maximum atomic E-state index is 11.2. The van der Waals surface area contributed by atoms with Crippen LogP contribution in [0.4, 0.5) is 5.82 Å². The topological polar surface area (TPSA) is 53.4 Å². The number of nitrogens with zero attached hydrogens (tertiary/aromatic N) is 2. The van der Waals surface area contributed by atoms with E-state index in [9.17, 15) is 9.90 Å². The summed E-state index contributed by atoms with van der Waals surface area (Å²) in [7, 11) is 0. The molecule has 20 heavy (non-hydrogen) atoms. The molecule has 1 saturated heterocycles. The van der Waals surface area contributed by atoms with Gasteiger partial charge in [-0.2, -0.15) is 0 Å². The molecule has 1 N–H and O–H groups in total. The van der Waals surface area contributed by atoms with E-state index in [-0.39, 0.29) is 0 Å². The van der Waals surface area contributed by atoms with E-state index in [1.165, 1.54) is 6.42 Å². The van der Waals surface area contributed by atoms with Gasteiger partial charge in [0.25, 0.3) is 0 Å². The highest BCUT2D eigenvalue weighted by Crippen LogP contribution is 2.35. The molecule has 2 heterocycles.